The molecule has 206 valence electrons. The number of hydrogen-bond acceptors (Lipinski definition) is 3. The normalized spacial score (nSPS) is 20.0. The summed E-state index contributed by atoms with van der Waals surface area (Å²) < 4.78 is 5.48. The molecule has 1 heterocycles. The minimum Gasteiger partial charge on any atom is -0.507 e. The van der Waals surface area contributed by atoms with E-state index in [-0.39, 0.29) is 21.9 Å². The number of methoxy groups -OCH3 is 1. The highest BCUT2D eigenvalue weighted by molar-refractivity contribution is 5.50. The van der Waals surface area contributed by atoms with Crippen molar-refractivity contribution in [3.63, 3.8) is 0 Å². The summed E-state index contributed by atoms with van der Waals surface area (Å²) in [5.41, 5.74) is 3.75. The number of ether oxygens (including phenoxy) is 1. The molecule has 2 atom stereocenters. The lowest BCUT2D eigenvalue weighted by molar-refractivity contribution is -0.0783. The molecule has 1 fully saturated rings. The number of hydrogen-bond donors (Lipinski definition) is 1. The van der Waals surface area contributed by atoms with Crippen LogP contribution in [0.1, 0.15) is 120 Å². The van der Waals surface area contributed by atoms with Gasteiger partial charge in [0.1, 0.15) is 5.75 Å². The van der Waals surface area contributed by atoms with Crippen LogP contribution in [-0.4, -0.2) is 41.3 Å². The maximum absolute atomic E-state index is 10.8. The molecule has 1 aliphatic rings. The fraction of sp³-hybridized carbons (Fsp3) is 0.758. The van der Waals surface area contributed by atoms with E-state index in [0.29, 0.717) is 23.7 Å². The molecule has 1 aromatic rings. The number of piperidine rings is 1. The molecule has 0 bridgehead atoms. The van der Waals surface area contributed by atoms with Gasteiger partial charge >= 0.3 is 0 Å². The van der Waals surface area contributed by atoms with E-state index in [4.69, 9.17) is 4.74 Å². The average Bonchev–Trinajstić information content (AvgIpc) is 2.71. The van der Waals surface area contributed by atoms with Crippen LogP contribution in [-0.2, 0) is 22.0 Å². The highest BCUT2D eigenvalue weighted by Gasteiger charge is 2.43. The molecule has 0 radical (unpaired) electrons. The zero-order valence-electron chi connectivity index (χ0n) is 26.3. The molecule has 0 amide bonds. The maximum atomic E-state index is 10.8. The maximum Gasteiger partial charge on any atom is 0.123 e. The summed E-state index contributed by atoms with van der Waals surface area (Å²) in [5.74, 6) is 7.63. The van der Waals surface area contributed by atoms with E-state index in [1.807, 2.05) is 14.0 Å². The van der Waals surface area contributed by atoms with Gasteiger partial charge in [-0.25, -0.2) is 0 Å². The van der Waals surface area contributed by atoms with Crippen molar-refractivity contribution in [3.05, 3.63) is 28.8 Å². The van der Waals surface area contributed by atoms with Gasteiger partial charge < -0.3 is 9.84 Å². The van der Waals surface area contributed by atoms with Gasteiger partial charge in [-0.3, -0.25) is 4.90 Å². The van der Waals surface area contributed by atoms with E-state index in [9.17, 15) is 5.11 Å². The molecule has 1 saturated heterocycles. The summed E-state index contributed by atoms with van der Waals surface area (Å²) in [4.78, 5) is 2.47. The molecule has 1 N–H and O–H groups in total. The van der Waals surface area contributed by atoms with E-state index in [1.165, 1.54) is 5.56 Å². The molecule has 2 unspecified atom stereocenters. The van der Waals surface area contributed by atoms with Crippen LogP contribution in [0.15, 0.2) is 12.1 Å². The van der Waals surface area contributed by atoms with Crippen molar-refractivity contribution in [2.45, 2.75) is 137 Å². The minimum atomic E-state index is -0.0713. The van der Waals surface area contributed by atoms with Gasteiger partial charge in [0.25, 0.3) is 0 Å². The lowest BCUT2D eigenvalue weighted by Gasteiger charge is -2.53. The van der Waals surface area contributed by atoms with Crippen LogP contribution < -0.4 is 0 Å². The van der Waals surface area contributed by atoms with Crippen LogP contribution in [0.25, 0.3) is 0 Å². The summed E-state index contributed by atoms with van der Waals surface area (Å²) in [6.07, 6.45) is 3.66. The Hall–Kier alpha value is -1.50. The molecule has 1 aliphatic heterocycles. The molecule has 3 nitrogen and oxygen atoms in total. The Morgan fingerprint density at radius 3 is 1.72 bits per heavy atom. The smallest absolute Gasteiger partial charge is 0.123 e. The lowest BCUT2D eigenvalue weighted by Crippen LogP contribution is -2.60. The van der Waals surface area contributed by atoms with Crippen LogP contribution in [0.3, 0.4) is 0 Å². The third kappa shape index (κ3) is 8.53. The fourth-order valence-corrected chi connectivity index (χ4v) is 5.32. The fourth-order valence-electron chi connectivity index (χ4n) is 5.32. The van der Waals surface area contributed by atoms with Gasteiger partial charge in [-0.05, 0) is 94.4 Å². The second-order valence-corrected chi connectivity index (χ2v) is 14.4. The van der Waals surface area contributed by atoms with Gasteiger partial charge in [0.2, 0.25) is 0 Å². The van der Waals surface area contributed by atoms with Crippen LogP contribution in [0.2, 0.25) is 0 Å². The molecule has 3 heteroatoms. The third-order valence-electron chi connectivity index (χ3n) is 8.17. The lowest BCUT2D eigenvalue weighted by atomic mass is 9.77. The van der Waals surface area contributed by atoms with Crippen LogP contribution >= 0.6 is 0 Å². The first-order valence-corrected chi connectivity index (χ1v) is 13.7. The molecule has 36 heavy (non-hydrogen) atoms. The Balaban J connectivity index is 0.000000420. The number of phenols is 1. The quantitative estimate of drug-likeness (QED) is 0.425. The summed E-state index contributed by atoms with van der Waals surface area (Å²) >= 11 is 0. The predicted molar refractivity (Wildman–Crippen MR) is 157 cm³/mol. The molecule has 0 aromatic heterocycles. The van der Waals surface area contributed by atoms with E-state index in [0.717, 1.165) is 30.4 Å². The van der Waals surface area contributed by atoms with E-state index in [2.05, 4.69) is 119 Å². The van der Waals surface area contributed by atoms with Gasteiger partial charge in [0, 0.05) is 24.1 Å². The number of rotatable bonds is 4. The Morgan fingerprint density at radius 1 is 0.972 bits per heavy atom. The Labute approximate surface area is 224 Å². The highest BCUT2D eigenvalue weighted by Crippen LogP contribution is 2.40. The van der Waals surface area contributed by atoms with Crippen molar-refractivity contribution in [2.24, 2.45) is 11.8 Å². The van der Waals surface area contributed by atoms with Gasteiger partial charge in [-0.2, -0.15) is 0 Å². The van der Waals surface area contributed by atoms with Crippen LogP contribution in [0, 0.1) is 23.7 Å². The van der Waals surface area contributed by atoms with Crippen molar-refractivity contribution in [1.29, 1.82) is 0 Å². The number of nitrogens with zero attached hydrogens (tertiary/aromatic N) is 1. The van der Waals surface area contributed by atoms with Crippen molar-refractivity contribution < 1.29 is 9.84 Å². The van der Waals surface area contributed by atoms with E-state index < -0.39 is 0 Å². The zero-order valence-corrected chi connectivity index (χ0v) is 26.3. The molecular formula is C33H57NO2. The second kappa shape index (κ2) is 11.9. The molecule has 0 aliphatic carbocycles. The number of phenolic OH excluding ortho intramolecular Hbond substituents is 1. The van der Waals surface area contributed by atoms with Gasteiger partial charge in [0.15, 0.2) is 0 Å². The Kier molecular flexibility index (Phi) is 10.8. The van der Waals surface area contributed by atoms with Gasteiger partial charge in [0.05, 0.1) is 6.10 Å². The Morgan fingerprint density at radius 2 is 1.39 bits per heavy atom. The van der Waals surface area contributed by atoms with Crippen LogP contribution in [0.5, 0.6) is 5.75 Å². The third-order valence-corrected chi connectivity index (χ3v) is 8.17. The van der Waals surface area contributed by atoms with Crippen molar-refractivity contribution in [1.82, 2.24) is 4.90 Å². The van der Waals surface area contributed by atoms with Crippen molar-refractivity contribution in [2.75, 3.05) is 14.2 Å². The molecule has 2 rings (SSSR count). The summed E-state index contributed by atoms with van der Waals surface area (Å²) in [7, 11) is 4.04. The number of likely N-dealkylation sites (tertiary alicyclic amines) is 1. The number of aromatic hydroxyl groups is 1. The van der Waals surface area contributed by atoms with Gasteiger partial charge in [-0.15, -0.1) is 11.8 Å². The van der Waals surface area contributed by atoms with E-state index in [1.54, 1.807) is 0 Å². The highest BCUT2D eigenvalue weighted by atomic mass is 16.5. The summed E-state index contributed by atoms with van der Waals surface area (Å²) in [6, 6.07) is 4.38. The van der Waals surface area contributed by atoms with E-state index >= 15 is 0 Å². The summed E-state index contributed by atoms with van der Waals surface area (Å²) in [6.45, 7) is 28.5. The Bertz CT molecular complexity index is 865. The molecular weight excluding hydrogens is 442 g/mol. The predicted octanol–water partition coefficient (Wildman–Crippen LogP) is 8.11. The topological polar surface area (TPSA) is 32.7 Å². The molecule has 0 saturated carbocycles. The largest absolute Gasteiger partial charge is 0.507 e. The average molecular weight is 500 g/mol. The number of benzene rings is 1. The first-order chi connectivity index (χ1) is 16.2. The first-order valence-electron chi connectivity index (χ1n) is 13.7. The molecule has 1 aromatic carbocycles. The van der Waals surface area contributed by atoms with Gasteiger partial charge in [-0.1, -0.05) is 67.5 Å². The molecule has 0 spiro atoms. The van der Waals surface area contributed by atoms with Crippen molar-refractivity contribution >= 4 is 0 Å². The second-order valence-electron chi connectivity index (χ2n) is 14.4. The SMILES string of the molecule is CC#CC(C)C(C)Cc1cc(C(C)(C)C)c(O)c(C(C)(C)C)c1.COC1CC(C)(C)N(C)C(C)(C)C1. The standard InChI is InChI=1S/C22H34O.C11H23NO/c1-10-11-15(2)16(3)12-17-13-18(21(4,5)6)20(23)19(14-17)22(7,8)9;1-10(2)7-9(13-6)8-11(3,4)12(10)5/h13-16,23H,12H2,1-9H3;9H,7-8H2,1-6H3. The first kappa shape index (κ1) is 32.5. The minimum absolute atomic E-state index is 0.0713. The van der Waals surface area contributed by atoms with Crippen molar-refractivity contribution in [3.8, 4) is 17.6 Å². The zero-order chi connectivity index (χ0) is 28.3. The summed E-state index contributed by atoms with van der Waals surface area (Å²) in [5, 5.41) is 10.8. The van der Waals surface area contributed by atoms with Crippen LogP contribution in [0.4, 0.5) is 0 Å². The monoisotopic (exact) mass is 499 g/mol.